The van der Waals surface area contributed by atoms with E-state index in [0.29, 0.717) is 23.0 Å². The molecular weight excluding hydrogens is 256 g/mol. The molecule has 2 fully saturated rings. The van der Waals surface area contributed by atoms with E-state index in [2.05, 4.69) is 31.0 Å². The van der Waals surface area contributed by atoms with Crippen LogP contribution < -0.4 is 5.32 Å². The Morgan fingerprint density at radius 1 is 1.21 bits per heavy atom. The topological polar surface area (TPSA) is 32.3 Å². The summed E-state index contributed by atoms with van der Waals surface area (Å²) in [5.41, 5.74) is 0. The number of rotatable bonds is 6. The fourth-order valence-electron chi connectivity index (χ4n) is 2.52. The molecule has 0 aromatic carbocycles. The van der Waals surface area contributed by atoms with E-state index in [1.165, 1.54) is 25.9 Å². The predicted molar refractivity (Wildman–Crippen MR) is 82.5 cm³/mol. The Balaban J connectivity index is 1.60. The third-order valence-electron chi connectivity index (χ3n) is 4.37. The van der Waals surface area contributed by atoms with Crippen LogP contribution in [0.1, 0.15) is 46.5 Å². The summed E-state index contributed by atoms with van der Waals surface area (Å²) in [6.07, 6.45) is 5.04. The van der Waals surface area contributed by atoms with Crippen molar-refractivity contribution in [2.45, 2.75) is 63.8 Å². The summed E-state index contributed by atoms with van der Waals surface area (Å²) in [5, 5.41) is 3.76. The highest BCUT2D eigenvalue weighted by Gasteiger charge is 2.32. The van der Waals surface area contributed by atoms with Crippen LogP contribution in [0.15, 0.2) is 0 Å². The van der Waals surface area contributed by atoms with Crippen molar-refractivity contribution in [3.05, 3.63) is 0 Å². The largest absolute Gasteiger partial charge is 0.353 e. The molecule has 3 nitrogen and oxygen atoms in total. The van der Waals surface area contributed by atoms with Gasteiger partial charge in [-0.15, -0.1) is 11.8 Å². The number of hydrogen-bond acceptors (Lipinski definition) is 3. The first-order chi connectivity index (χ1) is 9.06. The van der Waals surface area contributed by atoms with Crippen molar-refractivity contribution in [1.29, 1.82) is 0 Å². The Morgan fingerprint density at radius 3 is 2.37 bits per heavy atom. The van der Waals surface area contributed by atoms with Gasteiger partial charge in [-0.2, -0.15) is 0 Å². The molecule has 1 aliphatic carbocycles. The molecule has 2 rings (SSSR count). The van der Waals surface area contributed by atoms with E-state index < -0.39 is 0 Å². The molecule has 1 N–H and O–H groups in total. The van der Waals surface area contributed by atoms with Crippen LogP contribution in [0.25, 0.3) is 0 Å². The van der Waals surface area contributed by atoms with E-state index in [1.54, 1.807) is 11.8 Å². The van der Waals surface area contributed by atoms with Gasteiger partial charge in [-0.3, -0.25) is 4.79 Å². The summed E-state index contributed by atoms with van der Waals surface area (Å²) >= 11 is 1.77. The number of piperidine rings is 1. The van der Waals surface area contributed by atoms with Crippen molar-refractivity contribution in [3.8, 4) is 0 Å². The summed E-state index contributed by atoms with van der Waals surface area (Å²) in [5.74, 6) is 1.48. The Bertz CT molecular complexity index is 297. The van der Waals surface area contributed by atoms with E-state index >= 15 is 0 Å². The maximum Gasteiger partial charge on any atom is 0.230 e. The lowest BCUT2D eigenvalue weighted by atomic mass is 10.1. The Labute approximate surface area is 121 Å². The van der Waals surface area contributed by atoms with Gasteiger partial charge in [0.15, 0.2) is 0 Å². The van der Waals surface area contributed by atoms with Crippen molar-refractivity contribution in [2.75, 3.05) is 18.8 Å². The van der Waals surface area contributed by atoms with Gasteiger partial charge in [0.1, 0.15) is 0 Å². The second-order valence-electron chi connectivity index (χ2n) is 6.37. The number of thioether (sulfide) groups is 1. The SMILES string of the molecule is CC(C)[C@@H](C)SCC(=O)NC1CCN(C2CC2)CC1. The van der Waals surface area contributed by atoms with Crippen LogP contribution >= 0.6 is 11.8 Å². The van der Waals surface area contributed by atoms with Gasteiger partial charge in [-0.05, 0) is 31.6 Å². The van der Waals surface area contributed by atoms with Gasteiger partial charge in [0.2, 0.25) is 5.91 Å². The lowest BCUT2D eigenvalue weighted by molar-refractivity contribution is -0.119. The lowest BCUT2D eigenvalue weighted by Crippen LogP contribution is -2.45. The molecule has 0 radical (unpaired) electrons. The number of carbonyl (C=O) groups is 1. The third-order valence-corrected chi connectivity index (χ3v) is 5.87. The summed E-state index contributed by atoms with van der Waals surface area (Å²) in [7, 11) is 0. The van der Waals surface area contributed by atoms with Crippen molar-refractivity contribution >= 4 is 17.7 Å². The molecule has 1 aliphatic heterocycles. The van der Waals surface area contributed by atoms with Crippen LogP contribution in [0.4, 0.5) is 0 Å². The van der Waals surface area contributed by atoms with E-state index in [4.69, 9.17) is 0 Å². The van der Waals surface area contributed by atoms with E-state index in [0.717, 1.165) is 18.9 Å². The first-order valence-electron chi connectivity index (χ1n) is 7.71. The van der Waals surface area contributed by atoms with E-state index in [1.807, 2.05) is 0 Å². The van der Waals surface area contributed by atoms with Gasteiger partial charge in [0.05, 0.1) is 5.75 Å². The molecule has 0 aromatic rings. The molecule has 1 atom stereocenters. The minimum atomic E-state index is 0.224. The highest BCUT2D eigenvalue weighted by atomic mass is 32.2. The maximum atomic E-state index is 11.9. The van der Waals surface area contributed by atoms with Crippen LogP contribution in [-0.2, 0) is 4.79 Å². The number of carbonyl (C=O) groups excluding carboxylic acids is 1. The molecule has 1 saturated carbocycles. The smallest absolute Gasteiger partial charge is 0.230 e. The zero-order valence-electron chi connectivity index (χ0n) is 12.5. The van der Waals surface area contributed by atoms with Gasteiger partial charge in [0, 0.05) is 30.4 Å². The molecule has 19 heavy (non-hydrogen) atoms. The number of amides is 1. The summed E-state index contributed by atoms with van der Waals surface area (Å²) < 4.78 is 0. The standard InChI is InChI=1S/C15H28N2OS/c1-11(2)12(3)19-10-15(18)16-13-6-8-17(9-7-13)14-4-5-14/h11-14H,4-10H2,1-3H3,(H,16,18)/t12-/m1/s1. The van der Waals surface area contributed by atoms with E-state index in [-0.39, 0.29) is 5.91 Å². The van der Waals surface area contributed by atoms with Gasteiger partial charge in [0.25, 0.3) is 0 Å². The van der Waals surface area contributed by atoms with Crippen LogP contribution in [0.5, 0.6) is 0 Å². The highest BCUT2D eigenvalue weighted by Crippen LogP contribution is 2.29. The average Bonchev–Trinajstić information content (AvgIpc) is 3.21. The monoisotopic (exact) mass is 284 g/mol. The van der Waals surface area contributed by atoms with Crippen LogP contribution in [0, 0.1) is 5.92 Å². The van der Waals surface area contributed by atoms with Crippen LogP contribution in [0.2, 0.25) is 0 Å². The molecule has 1 saturated heterocycles. The number of likely N-dealkylation sites (tertiary alicyclic amines) is 1. The first kappa shape index (κ1) is 15.2. The minimum Gasteiger partial charge on any atom is -0.353 e. The van der Waals surface area contributed by atoms with Crippen molar-refractivity contribution < 1.29 is 4.79 Å². The van der Waals surface area contributed by atoms with Gasteiger partial charge >= 0.3 is 0 Å². The second kappa shape index (κ2) is 6.98. The molecule has 110 valence electrons. The van der Waals surface area contributed by atoms with Crippen molar-refractivity contribution in [2.24, 2.45) is 5.92 Å². The fraction of sp³-hybridized carbons (Fsp3) is 0.933. The molecule has 0 bridgehead atoms. The Hall–Kier alpha value is -0.220. The third kappa shape index (κ3) is 4.99. The molecule has 1 heterocycles. The van der Waals surface area contributed by atoms with Crippen LogP contribution in [0.3, 0.4) is 0 Å². The predicted octanol–water partition coefficient (Wildman–Crippen LogP) is 2.51. The quantitative estimate of drug-likeness (QED) is 0.813. The normalized spacial score (nSPS) is 23.6. The number of hydrogen-bond donors (Lipinski definition) is 1. The summed E-state index contributed by atoms with van der Waals surface area (Å²) in [6, 6.07) is 1.29. The number of nitrogens with one attached hydrogen (secondary N) is 1. The second-order valence-corrected chi connectivity index (χ2v) is 7.73. The maximum absolute atomic E-state index is 11.9. The molecular formula is C15H28N2OS. The number of nitrogens with zero attached hydrogens (tertiary/aromatic N) is 1. The average molecular weight is 284 g/mol. The molecule has 0 aromatic heterocycles. The van der Waals surface area contributed by atoms with E-state index in [9.17, 15) is 4.79 Å². The lowest BCUT2D eigenvalue weighted by Gasteiger charge is -2.32. The summed E-state index contributed by atoms with van der Waals surface area (Å²) in [4.78, 5) is 14.5. The minimum absolute atomic E-state index is 0.224. The Kier molecular flexibility index (Phi) is 5.58. The molecule has 0 unspecified atom stereocenters. The molecule has 1 amide bonds. The molecule has 4 heteroatoms. The fourth-order valence-corrected chi connectivity index (χ4v) is 3.40. The van der Waals surface area contributed by atoms with Gasteiger partial charge in [-0.1, -0.05) is 20.8 Å². The summed E-state index contributed by atoms with van der Waals surface area (Å²) in [6.45, 7) is 8.97. The van der Waals surface area contributed by atoms with Crippen LogP contribution in [-0.4, -0.2) is 47.0 Å². The first-order valence-corrected chi connectivity index (χ1v) is 8.76. The molecule has 0 spiro atoms. The zero-order valence-corrected chi connectivity index (χ0v) is 13.3. The Morgan fingerprint density at radius 2 is 1.84 bits per heavy atom. The zero-order chi connectivity index (χ0) is 13.8. The molecule has 2 aliphatic rings. The highest BCUT2D eigenvalue weighted by molar-refractivity contribution is 8.00. The van der Waals surface area contributed by atoms with Gasteiger partial charge < -0.3 is 10.2 Å². The van der Waals surface area contributed by atoms with Gasteiger partial charge in [-0.25, -0.2) is 0 Å². The van der Waals surface area contributed by atoms with Crippen molar-refractivity contribution in [1.82, 2.24) is 10.2 Å². The van der Waals surface area contributed by atoms with Crippen molar-refractivity contribution in [3.63, 3.8) is 0 Å².